The molecule has 0 atom stereocenters. The zero-order valence-electron chi connectivity index (χ0n) is 7.12. The van der Waals surface area contributed by atoms with Crippen LogP contribution in [0.15, 0.2) is 15.9 Å². The molecular weight excluding hydrogens is 252 g/mol. The van der Waals surface area contributed by atoms with Crippen molar-refractivity contribution in [1.29, 1.82) is 0 Å². The lowest BCUT2D eigenvalue weighted by molar-refractivity contribution is -0.0682. The number of hydrogen-bond acceptors (Lipinski definition) is 3. The highest BCUT2D eigenvalue weighted by Gasteiger charge is 2.40. The number of hydrogen-bond donors (Lipinski definition) is 1. The fraction of sp³-hybridized carbons (Fsp3) is 0.556. The lowest BCUT2D eigenvalue weighted by Gasteiger charge is -2.40. The molecule has 0 radical (unpaired) electrons. The van der Waals surface area contributed by atoms with Crippen molar-refractivity contribution in [3.05, 3.63) is 20.8 Å². The monoisotopic (exact) mass is 262 g/mol. The van der Waals surface area contributed by atoms with Gasteiger partial charge in [-0.25, -0.2) is 0 Å². The minimum atomic E-state index is 0.103. The Hall–Kier alpha value is 0.1000. The van der Waals surface area contributed by atoms with Crippen LogP contribution in [0, 0.1) is 0 Å². The highest BCUT2D eigenvalue weighted by Crippen LogP contribution is 2.39. The van der Waals surface area contributed by atoms with Gasteiger partial charge in [-0.15, -0.1) is 11.3 Å². The molecule has 0 bridgehead atoms. The highest BCUT2D eigenvalue weighted by atomic mass is 79.9. The molecule has 0 aliphatic carbocycles. The lowest BCUT2D eigenvalue weighted by atomic mass is 9.81. The molecule has 0 unspecified atom stereocenters. The van der Waals surface area contributed by atoms with E-state index in [1.165, 1.54) is 4.88 Å². The minimum Gasteiger partial charge on any atom is -0.396 e. The van der Waals surface area contributed by atoms with Gasteiger partial charge in [-0.05, 0) is 28.4 Å². The van der Waals surface area contributed by atoms with Crippen LogP contribution in [0.2, 0.25) is 0 Å². The fourth-order valence-electron chi connectivity index (χ4n) is 1.56. The molecule has 4 heteroatoms. The number of rotatable bonds is 3. The largest absolute Gasteiger partial charge is 0.396 e. The second-order valence-electron chi connectivity index (χ2n) is 3.38. The molecule has 1 aromatic heterocycles. The molecule has 72 valence electrons. The first kappa shape index (κ1) is 9.65. The van der Waals surface area contributed by atoms with E-state index in [1.807, 2.05) is 0 Å². The number of aliphatic hydroxyl groups excluding tert-OH is 1. The number of ether oxygens (including phenoxy) is 1. The van der Waals surface area contributed by atoms with Crippen molar-refractivity contribution in [2.75, 3.05) is 19.8 Å². The molecular formula is C9H11BrO2S. The van der Waals surface area contributed by atoms with Gasteiger partial charge < -0.3 is 9.84 Å². The van der Waals surface area contributed by atoms with Crippen LogP contribution < -0.4 is 0 Å². The van der Waals surface area contributed by atoms with Gasteiger partial charge in [-0.1, -0.05) is 0 Å². The van der Waals surface area contributed by atoms with Gasteiger partial charge in [0.1, 0.15) is 0 Å². The molecule has 0 aromatic carbocycles. The zero-order chi connectivity index (χ0) is 9.31. The summed E-state index contributed by atoms with van der Waals surface area (Å²) in [5, 5.41) is 11.0. The Kier molecular flexibility index (Phi) is 2.74. The van der Waals surface area contributed by atoms with Crippen molar-refractivity contribution < 1.29 is 9.84 Å². The maximum atomic E-state index is 8.97. The maximum Gasteiger partial charge on any atom is 0.0594 e. The third-order valence-electron chi connectivity index (χ3n) is 2.44. The van der Waals surface area contributed by atoms with E-state index in [2.05, 4.69) is 27.4 Å². The summed E-state index contributed by atoms with van der Waals surface area (Å²) in [5.74, 6) is 0. The van der Waals surface area contributed by atoms with Gasteiger partial charge in [0.25, 0.3) is 0 Å². The molecule has 0 amide bonds. The van der Waals surface area contributed by atoms with Crippen LogP contribution in [0.3, 0.4) is 0 Å². The predicted molar refractivity (Wildman–Crippen MR) is 56.2 cm³/mol. The van der Waals surface area contributed by atoms with Crippen LogP contribution in [-0.4, -0.2) is 24.9 Å². The van der Waals surface area contributed by atoms with E-state index in [-0.39, 0.29) is 12.0 Å². The summed E-state index contributed by atoms with van der Waals surface area (Å²) in [6.45, 7) is 1.74. The Bertz CT molecular complexity index is 294. The van der Waals surface area contributed by atoms with E-state index in [1.54, 1.807) is 11.3 Å². The molecule has 2 rings (SSSR count). The van der Waals surface area contributed by atoms with Crippen molar-refractivity contribution in [1.82, 2.24) is 0 Å². The predicted octanol–water partition coefficient (Wildman–Crippen LogP) is 2.16. The van der Waals surface area contributed by atoms with Crippen molar-refractivity contribution in [3.63, 3.8) is 0 Å². The first-order valence-corrected chi connectivity index (χ1v) is 5.87. The van der Waals surface area contributed by atoms with Crippen molar-refractivity contribution in [3.8, 4) is 0 Å². The topological polar surface area (TPSA) is 29.5 Å². The number of aliphatic hydroxyl groups is 1. The van der Waals surface area contributed by atoms with Crippen LogP contribution in [0.25, 0.3) is 0 Å². The standard InChI is InChI=1S/C9H11BrO2S/c10-7-3-8(13-4-7)9(1-2-11)5-12-6-9/h3-4,11H,1-2,5-6H2. The lowest BCUT2D eigenvalue weighted by Crippen LogP contribution is -2.46. The minimum absolute atomic E-state index is 0.103. The van der Waals surface area contributed by atoms with E-state index in [9.17, 15) is 0 Å². The maximum absolute atomic E-state index is 8.97. The molecule has 1 aliphatic rings. The number of halogens is 1. The first-order chi connectivity index (χ1) is 6.27. The SMILES string of the molecule is OCCC1(c2cc(Br)cs2)COC1. The molecule has 1 N–H and O–H groups in total. The smallest absolute Gasteiger partial charge is 0.0594 e. The van der Waals surface area contributed by atoms with Gasteiger partial charge >= 0.3 is 0 Å². The second kappa shape index (κ2) is 3.69. The fourth-order valence-corrected chi connectivity index (χ4v) is 3.20. The Balaban J connectivity index is 2.21. The van der Waals surface area contributed by atoms with Crippen molar-refractivity contribution >= 4 is 27.3 Å². The summed E-state index contributed by atoms with van der Waals surface area (Å²) in [6, 6.07) is 2.13. The van der Waals surface area contributed by atoms with Gasteiger partial charge in [0.15, 0.2) is 0 Å². The average molecular weight is 263 g/mol. The van der Waals surface area contributed by atoms with E-state index in [0.29, 0.717) is 0 Å². The van der Waals surface area contributed by atoms with Gasteiger partial charge in [0, 0.05) is 21.3 Å². The highest BCUT2D eigenvalue weighted by molar-refractivity contribution is 9.10. The van der Waals surface area contributed by atoms with E-state index >= 15 is 0 Å². The molecule has 2 nitrogen and oxygen atoms in total. The van der Waals surface area contributed by atoms with Crippen LogP contribution >= 0.6 is 27.3 Å². The summed E-state index contributed by atoms with van der Waals surface area (Å²) in [7, 11) is 0. The Morgan fingerprint density at radius 2 is 2.38 bits per heavy atom. The quantitative estimate of drug-likeness (QED) is 0.905. The molecule has 1 aromatic rings. The van der Waals surface area contributed by atoms with E-state index in [4.69, 9.17) is 9.84 Å². The van der Waals surface area contributed by atoms with Crippen LogP contribution in [0.4, 0.5) is 0 Å². The summed E-state index contributed by atoms with van der Waals surface area (Å²) in [5.41, 5.74) is 0.103. The third-order valence-corrected chi connectivity index (χ3v) is 4.37. The Morgan fingerprint density at radius 3 is 2.77 bits per heavy atom. The summed E-state index contributed by atoms with van der Waals surface area (Å²) in [6.07, 6.45) is 0.806. The molecule has 13 heavy (non-hydrogen) atoms. The van der Waals surface area contributed by atoms with Gasteiger partial charge in [-0.3, -0.25) is 0 Å². The number of thiophene rings is 1. The van der Waals surface area contributed by atoms with E-state index < -0.39 is 0 Å². The van der Waals surface area contributed by atoms with Crippen LogP contribution in [0.1, 0.15) is 11.3 Å². The summed E-state index contributed by atoms with van der Waals surface area (Å²) in [4.78, 5) is 1.32. The molecule has 1 aliphatic heterocycles. The molecule has 1 fully saturated rings. The average Bonchev–Trinajstić information content (AvgIpc) is 2.44. The van der Waals surface area contributed by atoms with Crippen molar-refractivity contribution in [2.45, 2.75) is 11.8 Å². The second-order valence-corrected chi connectivity index (χ2v) is 5.20. The van der Waals surface area contributed by atoms with Crippen molar-refractivity contribution in [2.24, 2.45) is 0 Å². The Labute approximate surface area is 89.7 Å². The van der Waals surface area contributed by atoms with Crippen LogP contribution in [-0.2, 0) is 10.2 Å². The van der Waals surface area contributed by atoms with Gasteiger partial charge in [-0.2, -0.15) is 0 Å². The normalized spacial score (nSPS) is 19.8. The van der Waals surface area contributed by atoms with Crippen LogP contribution in [0.5, 0.6) is 0 Å². The van der Waals surface area contributed by atoms with E-state index in [0.717, 1.165) is 24.1 Å². The Morgan fingerprint density at radius 1 is 1.62 bits per heavy atom. The third kappa shape index (κ3) is 1.68. The van der Waals surface area contributed by atoms with Gasteiger partial charge in [0.05, 0.1) is 18.6 Å². The molecule has 0 spiro atoms. The molecule has 0 saturated carbocycles. The summed E-state index contributed by atoms with van der Waals surface area (Å²) >= 11 is 5.17. The molecule has 1 saturated heterocycles. The molecule has 2 heterocycles. The summed E-state index contributed by atoms with van der Waals surface area (Å²) < 4.78 is 6.36. The van der Waals surface area contributed by atoms with Gasteiger partial charge in [0.2, 0.25) is 0 Å². The zero-order valence-corrected chi connectivity index (χ0v) is 9.53. The first-order valence-electron chi connectivity index (χ1n) is 4.20.